The van der Waals surface area contributed by atoms with E-state index in [1.54, 1.807) is 0 Å². The van der Waals surface area contributed by atoms with Gasteiger partial charge in [-0.3, -0.25) is 10.1 Å². The Morgan fingerprint density at radius 2 is 1.74 bits per heavy atom. The molecular formula is C17H13NO5. The lowest BCUT2D eigenvalue weighted by molar-refractivity contribution is -0.384. The first-order chi connectivity index (χ1) is 11.1. The number of hydrogen-bond acceptors (Lipinski definition) is 5. The number of nitro benzene ring substituents is 1. The predicted molar refractivity (Wildman–Crippen MR) is 82.4 cm³/mol. The molecule has 116 valence electrons. The monoisotopic (exact) mass is 311 g/mol. The van der Waals surface area contributed by atoms with Crippen LogP contribution in [0.3, 0.4) is 0 Å². The number of nitrogens with zero attached hydrogens (tertiary/aromatic N) is 1. The molecule has 0 aromatic heterocycles. The van der Waals surface area contributed by atoms with Crippen LogP contribution in [0, 0.1) is 10.1 Å². The van der Waals surface area contributed by atoms with Crippen molar-refractivity contribution in [1.82, 2.24) is 0 Å². The van der Waals surface area contributed by atoms with Gasteiger partial charge in [-0.1, -0.05) is 30.3 Å². The molecule has 0 bridgehead atoms. The van der Waals surface area contributed by atoms with E-state index >= 15 is 0 Å². The van der Waals surface area contributed by atoms with Crippen LogP contribution < -0.4 is 0 Å². The maximum absolute atomic E-state index is 11.6. The molecule has 6 heteroatoms. The zero-order chi connectivity index (χ0) is 16.4. The summed E-state index contributed by atoms with van der Waals surface area (Å²) in [5, 5.41) is 21.2. The van der Waals surface area contributed by atoms with E-state index in [1.165, 1.54) is 30.3 Å². The fraction of sp³-hybridized carbons (Fsp3) is 0.118. The first kappa shape index (κ1) is 14.9. The van der Waals surface area contributed by atoms with Gasteiger partial charge in [-0.2, -0.15) is 0 Å². The average Bonchev–Trinajstić information content (AvgIpc) is 2.97. The molecule has 0 unspecified atom stereocenters. The number of non-ortho nitro benzene ring substituents is 1. The van der Waals surface area contributed by atoms with Gasteiger partial charge in [-0.05, 0) is 23.3 Å². The number of carbonyl (C=O) groups is 1. The van der Waals surface area contributed by atoms with Crippen molar-refractivity contribution in [2.75, 3.05) is 0 Å². The first-order valence-corrected chi connectivity index (χ1v) is 6.96. The Hall–Kier alpha value is -2.99. The van der Waals surface area contributed by atoms with E-state index in [4.69, 9.17) is 4.74 Å². The lowest BCUT2D eigenvalue weighted by atomic mass is 9.94. The summed E-state index contributed by atoms with van der Waals surface area (Å²) in [5.74, 6) is -0.519. The van der Waals surface area contributed by atoms with E-state index < -0.39 is 23.1 Å². The Bertz CT molecular complexity index is 767. The Kier molecular flexibility index (Phi) is 3.91. The summed E-state index contributed by atoms with van der Waals surface area (Å²) >= 11 is 0. The summed E-state index contributed by atoms with van der Waals surface area (Å²) in [7, 11) is 0. The highest BCUT2D eigenvalue weighted by Crippen LogP contribution is 2.34. The summed E-state index contributed by atoms with van der Waals surface area (Å²) in [5.41, 5.74) is 1.74. The number of hydrogen-bond donors (Lipinski definition) is 1. The first-order valence-electron chi connectivity index (χ1n) is 6.96. The van der Waals surface area contributed by atoms with Gasteiger partial charge in [0.25, 0.3) is 5.69 Å². The van der Waals surface area contributed by atoms with Gasteiger partial charge in [-0.25, -0.2) is 4.79 Å². The maximum Gasteiger partial charge on any atom is 0.331 e. The van der Waals surface area contributed by atoms with Crippen LogP contribution in [0.1, 0.15) is 17.2 Å². The molecule has 2 aromatic carbocycles. The summed E-state index contributed by atoms with van der Waals surface area (Å²) in [4.78, 5) is 21.8. The molecule has 3 rings (SSSR count). The minimum atomic E-state index is -1.10. The van der Waals surface area contributed by atoms with E-state index in [9.17, 15) is 20.0 Å². The van der Waals surface area contributed by atoms with Crippen LogP contribution in [-0.2, 0) is 9.53 Å². The number of esters is 1. The molecule has 1 aliphatic rings. The van der Waals surface area contributed by atoms with E-state index in [0.29, 0.717) is 11.1 Å². The van der Waals surface area contributed by atoms with Crippen molar-refractivity contribution < 1.29 is 19.6 Å². The maximum atomic E-state index is 11.6. The van der Waals surface area contributed by atoms with Crippen LogP contribution in [0.25, 0.3) is 5.57 Å². The second kappa shape index (κ2) is 6.02. The van der Waals surface area contributed by atoms with Gasteiger partial charge >= 0.3 is 5.97 Å². The largest absolute Gasteiger partial charge is 0.451 e. The Balaban J connectivity index is 1.89. The number of aliphatic hydroxyl groups is 1. The van der Waals surface area contributed by atoms with Crippen LogP contribution in [-0.4, -0.2) is 22.1 Å². The van der Waals surface area contributed by atoms with Crippen LogP contribution in [0.4, 0.5) is 5.69 Å². The quantitative estimate of drug-likeness (QED) is 0.532. The van der Waals surface area contributed by atoms with Gasteiger partial charge in [0.1, 0.15) is 6.10 Å². The smallest absolute Gasteiger partial charge is 0.331 e. The molecule has 0 aliphatic carbocycles. The number of rotatable bonds is 4. The van der Waals surface area contributed by atoms with E-state index in [0.717, 1.165) is 5.56 Å². The van der Waals surface area contributed by atoms with Crippen LogP contribution in [0.15, 0.2) is 60.7 Å². The molecule has 0 amide bonds. The normalized spacial score (nSPS) is 18.2. The van der Waals surface area contributed by atoms with Crippen molar-refractivity contribution in [2.45, 2.75) is 12.2 Å². The number of cyclic esters (lactones) is 1. The number of benzene rings is 2. The van der Waals surface area contributed by atoms with Crippen molar-refractivity contribution >= 4 is 17.2 Å². The second-order valence-electron chi connectivity index (χ2n) is 5.12. The van der Waals surface area contributed by atoms with Crippen LogP contribution >= 0.6 is 0 Å². The standard InChI is InChI=1S/C17H13NO5/c19-15-10-14(11-4-2-1-3-5-11)17(23-15)16(20)12-6-8-13(9-7-12)18(21)22/h1-10,16-17,20H/t16-,17+/m1/s1. The van der Waals surface area contributed by atoms with Gasteiger partial charge in [0, 0.05) is 23.8 Å². The Labute approximate surface area is 131 Å². The van der Waals surface area contributed by atoms with Gasteiger partial charge < -0.3 is 9.84 Å². The van der Waals surface area contributed by atoms with Crippen molar-refractivity contribution in [3.8, 4) is 0 Å². The Morgan fingerprint density at radius 1 is 1.09 bits per heavy atom. The number of carbonyl (C=O) groups excluding carboxylic acids is 1. The molecule has 0 saturated heterocycles. The van der Waals surface area contributed by atoms with Gasteiger partial charge in [0.2, 0.25) is 0 Å². The zero-order valence-electron chi connectivity index (χ0n) is 12.0. The molecule has 1 heterocycles. The third-order valence-electron chi connectivity index (χ3n) is 3.66. The van der Waals surface area contributed by atoms with Gasteiger partial charge in [-0.15, -0.1) is 0 Å². The van der Waals surface area contributed by atoms with E-state index in [1.807, 2.05) is 30.3 Å². The average molecular weight is 311 g/mol. The van der Waals surface area contributed by atoms with E-state index in [-0.39, 0.29) is 5.69 Å². The predicted octanol–water partition coefficient (Wildman–Crippen LogP) is 2.64. The van der Waals surface area contributed by atoms with Crippen LogP contribution in [0.5, 0.6) is 0 Å². The molecule has 0 radical (unpaired) electrons. The fourth-order valence-corrected chi connectivity index (χ4v) is 2.51. The van der Waals surface area contributed by atoms with Gasteiger partial charge in [0.05, 0.1) is 4.92 Å². The molecule has 6 nitrogen and oxygen atoms in total. The summed E-state index contributed by atoms with van der Waals surface area (Å²) < 4.78 is 5.21. The third kappa shape index (κ3) is 2.97. The molecule has 2 atom stereocenters. The van der Waals surface area contributed by atoms with Crippen LogP contribution in [0.2, 0.25) is 0 Å². The molecule has 1 N–H and O–H groups in total. The van der Waals surface area contributed by atoms with Crippen molar-refractivity contribution in [3.63, 3.8) is 0 Å². The third-order valence-corrected chi connectivity index (χ3v) is 3.66. The SMILES string of the molecule is O=C1C=C(c2ccccc2)[C@@H]([C@H](O)c2ccc([N+](=O)[O-])cc2)O1. The minimum Gasteiger partial charge on any atom is -0.451 e. The molecule has 2 aromatic rings. The molecule has 0 saturated carbocycles. The highest BCUT2D eigenvalue weighted by Gasteiger charge is 2.34. The minimum absolute atomic E-state index is 0.0665. The molecule has 1 aliphatic heterocycles. The molecule has 0 fully saturated rings. The Morgan fingerprint density at radius 3 is 2.35 bits per heavy atom. The number of aliphatic hydroxyl groups excluding tert-OH is 1. The lowest BCUT2D eigenvalue weighted by Crippen LogP contribution is -2.21. The molecular weight excluding hydrogens is 298 g/mol. The molecule has 0 spiro atoms. The topological polar surface area (TPSA) is 89.7 Å². The van der Waals surface area contributed by atoms with E-state index in [2.05, 4.69) is 0 Å². The fourth-order valence-electron chi connectivity index (χ4n) is 2.51. The van der Waals surface area contributed by atoms with Crippen molar-refractivity contribution in [1.29, 1.82) is 0 Å². The van der Waals surface area contributed by atoms with Crippen molar-refractivity contribution in [2.24, 2.45) is 0 Å². The zero-order valence-corrected chi connectivity index (χ0v) is 12.0. The highest BCUT2D eigenvalue weighted by atomic mass is 16.6. The lowest BCUT2D eigenvalue weighted by Gasteiger charge is -2.21. The summed E-state index contributed by atoms with van der Waals surface area (Å²) in [6, 6.07) is 14.7. The van der Waals surface area contributed by atoms with Crippen molar-refractivity contribution in [3.05, 3.63) is 81.9 Å². The summed E-state index contributed by atoms with van der Waals surface area (Å²) in [6.45, 7) is 0. The second-order valence-corrected chi connectivity index (χ2v) is 5.12. The highest BCUT2D eigenvalue weighted by molar-refractivity contribution is 5.97. The number of ether oxygens (including phenoxy) is 1. The summed E-state index contributed by atoms with van der Waals surface area (Å²) in [6.07, 6.45) is -0.589. The van der Waals surface area contributed by atoms with Gasteiger partial charge in [0.15, 0.2) is 6.10 Å². The number of nitro groups is 1. The molecule has 23 heavy (non-hydrogen) atoms.